The summed E-state index contributed by atoms with van der Waals surface area (Å²) in [7, 11) is 0. The molecule has 0 aromatic heterocycles. The van der Waals surface area contributed by atoms with Crippen LogP contribution in [0.25, 0.3) is 0 Å². The Balaban J connectivity index is 2.51. The van der Waals surface area contributed by atoms with Crippen LogP contribution in [0.4, 0.5) is 4.79 Å². The molecule has 1 heterocycles. The third-order valence-electron chi connectivity index (χ3n) is 1.44. The fourth-order valence-corrected chi connectivity index (χ4v) is 0.862. The molecule has 1 unspecified atom stereocenters. The number of rotatable bonds is 2. The number of cyclic esters (lactones) is 1. The van der Waals surface area contributed by atoms with Gasteiger partial charge in [0.25, 0.3) is 0 Å². The van der Waals surface area contributed by atoms with E-state index in [9.17, 15) is 9.59 Å². The van der Waals surface area contributed by atoms with E-state index in [1.165, 1.54) is 4.90 Å². The molecule has 1 fully saturated rings. The quantitative estimate of drug-likeness (QED) is 0.512. The fourth-order valence-electron chi connectivity index (χ4n) is 0.862. The standard InChI is InChI=1S/C6H9NO3/c1-2-7-3-5(4-8)10-6(7)9/h4-5H,2-3H2,1H3. The van der Waals surface area contributed by atoms with Crippen molar-refractivity contribution in [2.75, 3.05) is 13.1 Å². The van der Waals surface area contributed by atoms with Crippen LogP contribution in [-0.4, -0.2) is 36.5 Å². The smallest absolute Gasteiger partial charge is 0.410 e. The molecule has 0 bridgehead atoms. The molecule has 0 aliphatic carbocycles. The predicted octanol–water partition coefficient (Wildman–Crippen LogP) is 0.0260. The van der Waals surface area contributed by atoms with Crippen molar-refractivity contribution in [3.63, 3.8) is 0 Å². The van der Waals surface area contributed by atoms with Crippen molar-refractivity contribution in [3.8, 4) is 0 Å². The minimum atomic E-state index is -0.549. The number of hydrogen-bond acceptors (Lipinski definition) is 3. The Kier molecular flexibility index (Phi) is 1.89. The molecule has 4 heteroatoms. The van der Waals surface area contributed by atoms with Crippen molar-refractivity contribution in [2.24, 2.45) is 0 Å². The zero-order valence-corrected chi connectivity index (χ0v) is 5.74. The molecule has 0 aromatic rings. The summed E-state index contributed by atoms with van der Waals surface area (Å²) >= 11 is 0. The van der Waals surface area contributed by atoms with Gasteiger partial charge in [0.1, 0.15) is 0 Å². The Morgan fingerprint density at radius 1 is 1.90 bits per heavy atom. The van der Waals surface area contributed by atoms with Gasteiger partial charge in [0.15, 0.2) is 12.4 Å². The van der Waals surface area contributed by atoms with Crippen molar-refractivity contribution in [1.29, 1.82) is 0 Å². The summed E-state index contributed by atoms with van der Waals surface area (Å²) < 4.78 is 4.63. The van der Waals surface area contributed by atoms with E-state index in [2.05, 4.69) is 4.74 Å². The molecule has 1 saturated heterocycles. The van der Waals surface area contributed by atoms with E-state index < -0.39 is 6.10 Å². The molecule has 1 amide bonds. The lowest BCUT2D eigenvalue weighted by Crippen LogP contribution is -2.24. The zero-order valence-electron chi connectivity index (χ0n) is 5.74. The van der Waals surface area contributed by atoms with Gasteiger partial charge < -0.3 is 9.64 Å². The van der Waals surface area contributed by atoms with Gasteiger partial charge in [0, 0.05) is 6.54 Å². The molecule has 1 rings (SSSR count). The molecule has 4 nitrogen and oxygen atoms in total. The van der Waals surface area contributed by atoms with E-state index in [4.69, 9.17) is 0 Å². The van der Waals surface area contributed by atoms with E-state index in [1.54, 1.807) is 0 Å². The zero-order chi connectivity index (χ0) is 7.56. The highest BCUT2D eigenvalue weighted by molar-refractivity contribution is 5.75. The first-order valence-electron chi connectivity index (χ1n) is 3.18. The summed E-state index contributed by atoms with van der Waals surface area (Å²) in [6, 6.07) is 0. The molecule has 0 spiro atoms. The maximum atomic E-state index is 10.7. The lowest BCUT2D eigenvalue weighted by Gasteiger charge is -2.06. The summed E-state index contributed by atoms with van der Waals surface area (Å²) in [4.78, 5) is 22.3. The van der Waals surface area contributed by atoms with Crippen LogP contribution >= 0.6 is 0 Å². The van der Waals surface area contributed by atoms with Crippen LogP contribution in [0, 0.1) is 0 Å². The van der Waals surface area contributed by atoms with E-state index in [-0.39, 0.29) is 6.09 Å². The second-order valence-electron chi connectivity index (χ2n) is 2.10. The summed E-state index contributed by atoms with van der Waals surface area (Å²) in [5.74, 6) is 0. The first-order valence-corrected chi connectivity index (χ1v) is 3.18. The monoisotopic (exact) mass is 143 g/mol. The van der Waals surface area contributed by atoms with Gasteiger partial charge in [0.05, 0.1) is 6.54 Å². The highest BCUT2D eigenvalue weighted by Gasteiger charge is 2.28. The highest BCUT2D eigenvalue weighted by Crippen LogP contribution is 2.07. The van der Waals surface area contributed by atoms with Crippen LogP contribution < -0.4 is 0 Å². The lowest BCUT2D eigenvalue weighted by atomic mass is 10.4. The third-order valence-corrected chi connectivity index (χ3v) is 1.44. The SMILES string of the molecule is CCN1CC(C=O)OC1=O. The number of amides is 1. The Morgan fingerprint density at radius 3 is 2.90 bits per heavy atom. The summed E-state index contributed by atoms with van der Waals surface area (Å²) in [6.45, 7) is 2.84. The van der Waals surface area contributed by atoms with Crippen LogP contribution in [0.15, 0.2) is 0 Å². The third kappa shape index (κ3) is 1.10. The molecule has 1 atom stereocenters. The summed E-state index contributed by atoms with van der Waals surface area (Å²) in [5, 5.41) is 0. The lowest BCUT2D eigenvalue weighted by molar-refractivity contribution is -0.113. The molecule has 0 radical (unpaired) electrons. The summed E-state index contributed by atoms with van der Waals surface area (Å²) in [6.07, 6.45) is -0.292. The maximum absolute atomic E-state index is 10.7. The van der Waals surface area contributed by atoms with Crippen molar-refractivity contribution in [1.82, 2.24) is 4.90 Å². The van der Waals surface area contributed by atoms with Crippen LogP contribution in [0.5, 0.6) is 0 Å². The summed E-state index contributed by atoms with van der Waals surface area (Å²) in [5.41, 5.74) is 0. The number of likely N-dealkylation sites (N-methyl/N-ethyl adjacent to an activating group) is 1. The van der Waals surface area contributed by atoms with E-state index in [0.29, 0.717) is 19.4 Å². The van der Waals surface area contributed by atoms with Gasteiger partial charge >= 0.3 is 6.09 Å². The van der Waals surface area contributed by atoms with Gasteiger partial charge in [-0.1, -0.05) is 0 Å². The van der Waals surface area contributed by atoms with E-state index in [1.807, 2.05) is 6.92 Å². The van der Waals surface area contributed by atoms with E-state index >= 15 is 0 Å². The molecule has 0 N–H and O–H groups in total. The van der Waals surface area contributed by atoms with Crippen molar-refractivity contribution in [2.45, 2.75) is 13.0 Å². The van der Waals surface area contributed by atoms with Gasteiger partial charge in [-0.3, -0.25) is 4.79 Å². The number of ether oxygens (including phenoxy) is 1. The van der Waals surface area contributed by atoms with Gasteiger partial charge in [0.2, 0.25) is 0 Å². The second-order valence-corrected chi connectivity index (χ2v) is 2.10. The molecule has 10 heavy (non-hydrogen) atoms. The number of carbonyl (C=O) groups is 2. The van der Waals surface area contributed by atoms with Crippen molar-refractivity contribution >= 4 is 12.4 Å². The molecular formula is C6H9NO3. The largest absolute Gasteiger partial charge is 0.436 e. The van der Waals surface area contributed by atoms with Gasteiger partial charge in [-0.2, -0.15) is 0 Å². The Morgan fingerprint density at radius 2 is 2.60 bits per heavy atom. The topological polar surface area (TPSA) is 46.6 Å². The fraction of sp³-hybridized carbons (Fsp3) is 0.667. The van der Waals surface area contributed by atoms with Crippen molar-refractivity contribution < 1.29 is 14.3 Å². The number of aldehydes is 1. The van der Waals surface area contributed by atoms with Crippen molar-refractivity contribution in [3.05, 3.63) is 0 Å². The first-order chi connectivity index (χ1) is 4.77. The number of carbonyl (C=O) groups excluding carboxylic acids is 2. The molecule has 0 saturated carbocycles. The Bertz CT molecular complexity index is 157. The normalized spacial score (nSPS) is 24.7. The van der Waals surface area contributed by atoms with Crippen LogP contribution in [0.3, 0.4) is 0 Å². The molecule has 1 aliphatic heterocycles. The Labute approximate surface area is 58.8 Å². The van der Waals surface area contributed by atoms with Gasteiger partial charge in [-0.15, -0.1) is 0 Å². The molecule has 56 valence electrons. The number of hydrogen-bond donors (Lipinski definition) is 0. The minimum absolute atomic E-state index is 0.389. The first kappa shape index (κ1) is 7.05. The van der Waals surface area contributed by atoms with Gasteiger partial charge in [-0.25, -0.2) is 4.79 Å². The highest BCUT2D eigenvalue weighted by atomic mass is 16.6. The van der Waals surface area contributed by atoms with E-state index in [0.717, 1.165) is 0 Å². The molecule has 1 aliphatic rings. The van der Waals surface area contributed by atoms with Crippen LogP contribution in [-0.2, 0) is 9.53 Å². The minimum Gasteiger partial charge on any atom is -0.436 e. The number of nitrogens with zero attached hydrogens (tertiary/aromatic N) is 1. The Hall–Kier alpha value is -1.06. The van der Waals surface area contributed by atoms with Crippen LogP contribution in [0.2, 0.25) is 0 Å². The average Bonchev–Trinajstić information content (AvgIpc) is 2.30. The molecule has 0 aromatic carbocycles. The second kappa shape index (κ2) is 2.68. The predicted molar refractivity (Wildman–Crippen MR) is 33.6 cm³/mol. The molecular weight excluding hydrogens is 134 g/mol. The maximum Gasteiger partial charge on any atom is 0.410 e. The van der Waals surface area contributed by atoms with Crippen LogP contribution in [0.1, 0.15) is 6.92 Å². The average molecular weight is 143 g/mol. The van der Waals surface area contributed by atoms with Gasteiger partial charge in [-0.05, 0) is 6.92 Å².